The number of amides is 2. The molecule has 1 fully saturated rings. The summed E-state index contributed by atoms with van der Waals surface area (Å²) in [5.41, 5.74) is 2.49. The van der Waals surface area contributed by atoms with Gasteiger partial charge in [0, 0.05) is 31.7 Å². The summed E-state index contributed by atoms with van der Waals surface area (Å²) in [4.78, 5) is 33.6. The third-order valence-corrected chi connectivity index (χ3v) is 6.08. The van der Waals surface area contributed by atoms with E-state index in [1.807, 2.05) is 71.6 Å². The second-order valence-corrected chi connectivity index (χ2v) is 9.66. The average Bonchev–Trinajstić information content (AvgIpc) is 2.88. The standard InChI is InChI=1S/C28H32N4O3/c1-28(2,3)22-11-9-21(10-12-22)27(34)30-23-13-14-25(29-19-23)31-15-17-32(18-16-31)26(33)20-35-24-7-5-4-6-8-24/h4-14,19H,15-18,20H2,1-3H3,(H,30,34). The van der Waals surface area contributed by atoms with Crippen LogP contribution in [-0.2, 0) is 10.2 Å². The number of carbonyl (C=O) groups excluding carboxylic acids is 2. The van der Waals surface area contributed by atoms with Gasteiger partial charge in [-0.1, -0.05) is 51.1 Å². The number of piperazine rings is 1. The first-order valence-corrected chi connectivity index (χ1v) is 11.9. The normalized spacial score (nSPS) is 13.9. The first kappa shape index (κ1) is 24.3. The molecule has 1 aliphatic heterocycles. The van der Waals surface area contributed by atoms with E-state index < -0.39 is 0 Å². The molecule has 1 aromatic heterocycles. The molecule has 3 aromatic rings. The van der Waals surface area contributed by atoms with E-state index in [1.54, 1.807) is 6.20 Å². The molecular formula is C28H32N4O3. The summed E-state index contributed by atoms with van der Waals surface area (Å²) in [6.07, 6.45) is 1.67. The Morgan fingerprint density at radius 1 is 0.914 bits per heavy atom. The van der Waals surface area contributed by atoms with Gasteiger partial charge in [-0.15, -0.1) is 0 Å². The number of carbonyl (C=O) groups is 2. The van der Waals surface area contributed by atoms with Crippen molar-refractivity contribution in [1.82, 2.24) is 9.88 Å². The van der Waals surface area contributed by atoms with Crippen molar-refractivity contribution in [2.24, 2.45) is 0 Å². The maximum absolute atomic E-state index is 12.6. The van der Waals surface area contributed by atoms with Crippen LogP contribution in [0.5, 0.6) is 5.75 Å². The fraction of sp³-hybridized carbons (Fsp3) is 0.321. The minimum Gasteiger partial charge on any atom is -0.484 e. The number of nitrogens with zero attached hydrogens (tertiary/aromatic N) is 3. The zero-order chi connectivity index (χ0) is 24.8. The van der Waals surface area contributed by atoms with Crippen LogP contribution in [0, 0.1) is 0 Å². The SMILES string of the molecule is CC(C)(C)c1ccc(C(=O)Nc2ccc(N3CCN(C(=O)COc4ccccc4)CC3)nc2)cc1. The van der Waals surface area contributed by atoms with Crippen LogP contribution in [0.15, 0.2) is 72.9 Å². The molecule has 0 spiro atoms. The molecule has 35 heavy (non-hydrogen) atoms. The number of nitrogens with one attached hydrogen (secondary N) is 1. The van der Waals surface area contributed by atoms with Crippen molar-refractivity contribution in [1.29, 1.82) is 0 Å². The van der Waals surface area contributed by atoms with E-state index in [0.29, 0.717) is 43.2 Å². The maximum Gasteiger partial charge on any atom is 0.260 e. The summed E-state index contributed by atoms with van der Waals surface area (Å²) in [6.45, 7) is 9.08. The van der Waals surface area contributed by atoms with E-state index in [2.05, 4.69) is 36.0 Å². The smallest absolute Gasteiger partial charge is 0.260 e. The van der Waals surface area contributed by atoms with E-state index in [-0.39, 0.29) is 23.8 Å². The molecule has 1 saturated heterocycles. The second-order valence-electron chi connectivity index (χ2n) is 9.66. The monoisotopic (exact) mass is 472 g/mol. The summed E-state index contributed by atoms with van der Waals surface area (Å²) in [6, 6.07) is 20.8. The number of pyridine rings is 1. The fourth-order valence-corrected chi connectivity index (χ4v) is 3.91. The fourth-order valence-electron chi connectivity index (χ4n) is 3.91. The lowest BCUT2D eigenvalue weighted by molar-refractivity contribution is -0.133. The maximum atomic E-state index is 12.6. The van der Waals surface area contributed by atoms with Crippen LogP contribution in [0.4, 0.5) is 11.5 Å². The van der Waals surface area contributed by atoms with Crippen molar-refractivity contribution >= 4 is 23.3 Å². The van der Waals surface area contributed by atoms with Gasteiger partial charge in [-0.05, 0) is 47.4 Å². The number of aromatic nitrogens is 1. The molecule has 0 saturated carbocycles. The predicted molar refractivity (Wildman–Crippen MR) is 138 cm³/mol. The number of hydrogen-bond donors (Lipinski definition) is 1. The van der Waals surface area contributed by atoms with Gasteiger partial charge >= 0.3 is 0 Å². The highest BCUT2D eigenvalue weighted by atomic mass is 16.5. The van der Waals surface area contributed by atoms with Crippen LogP contribution in [0.2, 0.25) is 0 Å². The highest BCUT2D eigenvalue weighted by Gasteiger charge is 2.22. The first-order valence-electron chi connectivity index (χ1n) is 11.9. The second kappa shape index (κ2) is 10.6. The van der Waals surface area contributed by atoms with Gasteiger partial charge in [0.15, 0.2) is 6.61 Å². The van der Waals surface area contributed by atoms with Crippen LogP contribution in [0.1, 0.15) is 36.7 Å². The Kier molecular flexibility index (Phi) is 7.34. The molecule has 4 rings (SSSR count). The van der Waals surface area contributed by atoms with Crippen molar-refractivity contribution < 1.29 is 14.3 Å². The summed E-state index contributed by atoms with van der Waals surface area (Å²) in [5.74, 6) is 1.34. The number of ether oxygens (including phenoxy) is 1. The van der Waals surface area contributed by atoms with Crippen molar-refractivity contribution in [3.05, 3.63) is 84.1 Å². The van der Waals surface area contributed by atoms with Crippen LogP contribution in [-0.4, -0.2) is 54.5 Å². The molecule has 0 atom stereocenters. The molecule has 2 amide bonds. The number of para-hydroxylation sites is 1. The third-order valence-electron chi connectivity index (χ3n) is 6.08. The molecule has 182 valence electrons. The summed E-state index contributed by atoms with van der Waals surface area (Å²) < 4.78 is 5.58. The van der Waals surface area contributed by atoms with Crippen molar-refractivity contribution in [2.75, 3.05) is 43.0 Å². The Morgan fingerprint density at radius 3 is 2.20 bits per heavy atom. The van der Waals surface area contributed by atoms with Gasteiger partial charge in [-0.25, -0.2) is 4.98 Å². The summed E-state index contributed by atoms with van der Waals surface area (Å²) in [5, 5.41) is 2.91. The average molecular weight is 473 g/mol. The zero-order valence-electron chi connectivity index (χ0n) is 20.5. The molecule has 7 heteroatoms. The van der Waals surface area contributed by atoms with Gasteiger partial charge in [-0.3, -0.25) is 9.59 Å². The van der Waals surface area contributed by atoms with Gasteiger partial charge in [-0.2, -0.15) is 0 Å². The molecular weight excluding hydrogens is 440 g/mol. The minimum atomic E-state index is -0.162. The summed E-state index contributed by atoms with van der Waals surface area (Å²) in [7, 11) is 0. The van der Waals surface area contributed by atoms with Crippen LogP contribution in [0.3, 0.4) is 0 Å². The van der Waals surface area contributed by atoms with Gasteiger partial charge in [0.05, 0.1) is 11.9 Å². The van der Waals surface area contributed by atoms with E-state index in [1.165, 1.54) is 5.56 Å². The Labute approximate surface area is 206 Å². The van der Waals surface area contributed by atoms with Gasteiger partial charge < -0.3 is 19.9 Å². The van der Waals surface area contributed by atoms with Crippen molar-refractivity contribution in [3.8, 4) is 5.75 Å². The van der Waals surface area contributed by atoms with Gasteiger partial charge in [0.25, 0.3) is 11.8 Å². The predicted octanol–water partition coefficient (Wildman–Crippen LogP) is 4.36. The number of benzene rings is 2. The Bertz CT molecular complexity index is 1130. The van der Waals surface area contributed by atoms with Crippen molar-refractivity contribution in [3.63, 3.8) is 0 Å². The Balaban J connectivity index is 1.26. The largest absolute Gasteiger partial charge is 0.484 e. The number of rotatable bonds is 6. The van der Waals surface area contributed by atoms with Gasteiger partial charge in [0.2, 0.25) is 0 Å². The molecule has 0 aliphatic carbocycles. The highest BCUT2D eigenvalue weighted by molar-refractivity contribution is 6.04. The molecule has 0 unspecified atom stereocenters. The lowest BCUT2D eigenvalue weighted by Crippen LogP contribution is -2.50. The van der Waals surface area contributed by atoms with E-state index >= 15 is 0 Å². The van der Waals surface area contributed by atoms with E-state index in [9.17, 15) is 9.59 Å². The Hall–Kier alpha value is -3.87. The molecule has 0 radical (unpaired) electrons. The topological polar surface area (TPSA) is 74.8 Å². The van der Waals surface area contributed by atoms with Crippen LogP contribution >= 0.6 is 0 Å². The molecule has 1 N–H and O–H groups in total. The van der Waals surface area contributed by atoms with Gasteiger partial charge in [0.1, 0.15) is 11.6 Å². The molecule has 1 aliphatic rings. The molecule has 2 heterocycles. The molecule has 0 bridgehead atoms. The molecule has 7 nitrogen and oxygen atoms in total. The first-order chi connectivity index (χ1) is 16.8. The highest BCUT2D eigenvalue weighted by Crippen LogP contribution is 2.23. The number of anilines is 2. The quantitative estimate of drug-likeness (QED) is 0.577. The zero-order valence-corrected chi connectivity index (χ0v) is 20.5. The minimum absolute atomic E-state index is 0.0185. The lowest BCUT2D eigenvalue weighted by Gasteiger charge is -2.35. The van der Waals surface area contributed by atoms with E-state index in [0.717, 1.165) is 5.82 Å². The van der Waals surface area contributed by atoms with Crippen molar-refractivity contribution in [2.45, 2.75) is 26.2 Å². The summed E-state index contributed by atoms with van der Waals surface area (Å²) >= 11 is 0. The molecule has 2 aromatic carbocycles. The third kappa shape index (κ3) is 6.38. The number of hydrogen-bond acceptors (Lipinski definition) is 5. The van der Waals surface area contributed by atoms with Crippen LogP contribution in [0.25, 0.3) is 0 Å². The Morgan fingerprint density at radius 2 is 1.60 bits per heavy atom. The van der Waals surface area contributed by atoms with E-state index in [4.69, 9.17) is 4.74 Å². The lowest BCUT2D eigenvalue weighted by atomic mass is 9.87. The van der Waals surface area contributed by atoms with Crippen LogP contribution < -0.4 is 15.0 Å².